The number of carbonyl (C=O) groups excluding carboxylic acids is 2. The van der Waals surface area contributed by atoms with Crippen LogP contribution in [-0.4, -0.2) is 79.6 Å². The summed E-state index contributed by atoms with van der Waals surface area (Å²) in [6, 6.07) is 9.77. The summed E-state index contributed by atoms with van der Waals surface area (Å²) in [6.45, 7) is 10.6. The van der Waals surface area contributed by atoms with Crippen LogP contribution in [0.1, 0.15) is 57.1 Å². The summed E-state index contributed by atoms with van der Waals surface area (Å²) in [5.41, 5.74) is 1.28. The van der Waals surface area contributed by atoms with Crippen molar-refractivity contribution in [2.75, 3.05) is 25.5 Å². The lowest BCUT2D eigenvalue weighted by Gasteiger charge is -2.40. The van der Waals surface area contributed by atoms with Gasteiger partial charge in [-0.3, -0.25) is 4.79 Å². The smallest absolute Gasteiger partial charge is 0.415 e. The lowest BCUT2D eigenvalue weighted by Crippen LogP contribution is -2.59. The van der Waals surface area contributed by atoms with E-state index in [-0.39, 0.29) is 40.9 Å². The Kier molecular flexibility index (Phi) is 10.6. The lowest BCUT2D eigenvalue weighted by molar-refractivity contribution is -0.470. The highest BCUT2D eigenvalue weighted by Crippen LogP contribution is 2.35. The molecule has 0 bridgehead atoms. The normalized spacial score (nSPS) is 20.8. The van der Waals surface area contributed by atoms with E-state index < -0.39 is 39.8 Å². The summed E-state index contributed by atoms with van der Waals surface area (Å²) in [5, 5.41) is 6.34. The number of anilines is 1. The monoisotopic (exact) mass is 635 g/mol. The number of benzene rings is 2. The molecule has 4 unspecified atom stereocenters. The van der Waals surface area contributed by atoms with Gasteiger partial charge in [-0.25, -0.2) is 12.8 Å². The number of hydrogen-bond acceptors (Lipinski definition) is 6. The van der Waals surface area contributed by atoms with E-state index in [9.17, 15) is 18.0 Å². The molecule has 2 aromatic carbocycles. The summed E-state index contributed by atoms with van der Waals surface area (Å²) in [7, 11) is -2.23. The number of halogens is 2. The van der Waals surface area contributed by atoms with Crippen molar-refractivity contribution < 1.29 is 31.7 Å². The van der Waals surface area contributed by atoms with Crippen LogP contribution >= 0.6 is 11.6 Å². The fraction of sp³-hybridized carbons (Fsp3) is 0.516. The molecule has 1 saturated carbocycles. The molecule has 2 aromatic rings. The van der Waals surface area contributed by atoms with Gasteiger partial charge in [0, 0.05) is 41.4 Å². The van der Waals surface area contributed by atoms with E-state index in [2.05, 4.69) is 17.4 Å². The van der Waals surface area contributed by atoms with Crippen molar-refractivity contribution in [3.8, 4) is 0 Å². The van der Waals surface area contributed by atoms with Gasteiger partial charge in [-0.05, 0) is 68.4 Å². The standard InChI is InChI=1S/C31H40ClFN4O5S/c1-19(2)28(21-9-11-22(32)12-10-21)29(36(4)31(39)42-5)30(38)35-27-8-6-7-26(33)25(27)16-13-23-18-34-17-20(3)37(23)43(40,41)24-14-15-24/h6-12,19-20,23-24,28-29,34H,4,13-18H2,1-3,5H3/p+1. The summed E-state index contributed by atoms with van der Waals surface area (Å²) >= 11 is 6.11. The van der Waals surface area contributed by atoms with Crippen LogP contribution in [0.2, 0.25) is 5.02 Å². The Labute approximate surface area is 258 Å². The van der Waals surface area contributed by atoms with E-state index in [1.165, 1.54) is 19.2 Å². The van der Waals surface area contributed by atoms with Crippen molar-refractivity contribution in [1.29, 1.82) is 0 Å². The Balaban J connectivity index is 1.62. The number of ether oxygens (including phenoxy) is 1. The van der Waals surface area contributed by atoms with Gasteiger partial charge >= 0.3 is 6.09 Å². The van der Waals surface area contributed by atoms with Crippen molar-refractivity contribution in [3.05, 3.63) is 64.4 Å². The first-order valence-electron chi connectivity index (χ1n) is 14.6. The molecule has 2 N–H and O–H groups in total. The fourth-order valence-electron chi connectivity index (χ4n) is 6.02. The molecule has 234 valence electrons. The quantitative estimate of drug-likeness (QED) is 0.272. The zero-order chi connectivity index (χ0) is 31.5. The number of piperazine rings is 1. The second kappa shape index (κ2) is 13.8. The van der Waals surface area contributed by atoms with E-state index in [1.54, 1.807) is 34.6 Å². The van der Waals surface area contributed by atoms with Crippen LogP contribution in [0.15, 0.2) is 42.5 Å². The van der Waals surface area contributed by atoms with Crippen LogP contribution in [-0.2, 0) is 26.0 Å². The molecule has 12 heteroatoms. The predicted molar refractivity (Wildman–Crippen MR) is 166 cm³/mol. The topological polar surface area (TPSA) is 108 Å². The van der Waals surface area contributed by atoms with Gasteiger partial charge in [0.1, 0.15) is 12.5 Å². The second-order valence-corrected chi connectivity index (χ2v) is 14.3. The highest BCUT2D eigenvalue weighted by Gasteiger charge is 2.46. The minimum absolute atomic E-state index is 0.113. The van der Waals surface area contributed by atoms with Gasteiger partial charge in [0.25, 0.3) is 5.91 Å². The maximum atomic E-state index is 15.3. The number of amides is 2. The van der Waals surface area contributed by atoms with Crippen molar-refractivity contribution in [2.45, 2.75) is 75.7 Å². The molecule has 2 aliphatic rings. The lowest BCUT2D eigenvalue weighted by atomic mass is 9.81. The summed E-state index contributed by atoms with van der Waals surface area (Å²) < 4.78 is 49.3. The number of hydrogen-bond donors (Lipinski definition) is 2. The molecule has 1 aliphatic carbocycles. The van der Waals surface area contributed by atoms with Gasteiger partial charge in [0.2, 0.25) is 16.1 Å². The van der Waals surface area contributed by atoms with Crippen LogP contribution in [0, 0.1) is 11.7 Å². The molecule has 43 heavy (non-hydrogen) atoms. The van der Waals surface area contributed by atoms with Gasteiger partial charge in [-0.1, -0.05) is 43.6 Å². The van der Waals surface area contributed by atoms with Crippen LogP contribution in [0.3, 0.4) is 0 Å². The molecular formula is C31H41ClFN4O5S+. The Bertz CT molecular complexity index is 1450. The summed E-state index contributed by atoms with van der Waals surface area (Å²) in [6.07, 6.45) is 1.09. The van der Waals surface area contributed by atoms with Crippen molar-refractivity contribution in [3.63, 3.8) is 0 Å². The van der Waals surface area contributed by atoms with Gasteiger partial charge in [0.15, 0.2) is 0 Å². The van der Waals surface area contributed by atoms with E-state index in [0.29, 0.717) is 37.4 Å². The molecule has 1 aliphatic heterocycles. The molecule has 4 rings (SSSR count). The molecular weight excluding hydrogens is 595 g/mol. The number of methoxy groups -OCH3 is 1. The number of rotatable bonds is 11. The van der Waals surface area contributed by atoms with Crippen LogP contribution < -0.4 is 10.6 Å². The van der Waals surface area contributed by atoms with E-state index >= 15 is 4.39 Å². The van der Waals surface area contributed by atoms with E-state index in [1.807, 2.05) is 20.8 Å². The van der Waals surface area contributed by atoms with Gasteiger partial charge < -0.3 is 15.4 Å². The van der Waals surface area contributed by atoms with E-state index in [4.69, 9.17) is 16.3 Å². The third kappa shape index (κ3) is 7.45. The van der Waals surface area contributed by atoms with Crippen LogP contribution in [0.25, 0.3) is 0 Å². The molecule has 1 heterocycles. The fourth-order valence-corrected chi connectivity index (χ4v) is 8.39. The Morgan fingerprint density at radius 3 is 2.47 bits per heavy atom. The third-order valence-corrected chi connectivity index (χ3v) is 11.1. The molecule has 2 fully saturated rings. The molecule has 2 amide bonds. The minimum atomic E-state index is -3.44. The van der Waals surface area contributed by atoms with Gasteiger partial charge in [0.05, 0.1) is 18.3 Å². The molecule has 9 nitrogen and oxygen atoms in total. The molecule has 1 saturated heterocycles. The highest BCUT2D eigenvalue weighted by molar-refractivity contribution is 7.90. The zero-order valence-corrected chi connectivity index (χ0v) is 26.6. The van der Waals surface area contributed by atoms with Crippen LogP contribution in [0.4, 0.5) is 14.9 Å². The third-order valence-electron chi connectivity index (χ3n) is 8.28. The largest absolute Gasteiger partial charge is 0.596 e. The number of sulfonamides is 1. The van der Waals surface area contributed by atoms with E-state index in [0.717, 1.165) is 10.1 Å². The zero-order valence-electron chi connectivity index (χ0n) is 25.1. The first kappa shape index (κ1) is 33.0. The second-order valence-electron chi connectivity index (χ2n) is 11.7. The molecule has 0 spiro atoms. The first-order valence-corrected chi connectivity index (χ1v) is 16.5. The van der Waals surface area contributed by atoms with Crippen LogP contribution in [0.5, 0.6) is 0 Å². The average Bonchev–Trinajstić information content (AvgIpc) is 3.82. The van der Waals surface area contributed by atoms with Gasteiger partial charge in [-0.2, -0.15) is 9.10 Å². The molecule has 4 atom stereocenters. The molecule has 0 radical (unpaired) electrons. The minimum Gasteiger partial charge on any atom is -0.415 e. The Morgan fingerprint density at radius 1 is 1.19 bits per heavy atom. The predicted octanol–water partition coefficient (Wildman–Crippen LogP) is 4.79. The van der Waals surface area contributed by atoms with Crippen molar-refractivity contribution in [1.82, 2.24) is 9.62 Å². The first-order chi connectivity index (χ1) is 20.4. The number of nitrogens with zero attached hydrogens (tertiary/aromatic N) is 2. The maximum Gasteiger partial charge on any atom is 0.596 e. The SMILES string of the molecule is C=[N+](C(=O)OC)C(C(=O)Nc1cccc(F)c1CCC1CNCC(C)N1S(=O)(=O)C1CC1)C(c1ccc(Cl)cc1)C(C)C. The summed E-state index contributed by atoms with van der Waals surface area (Å²) in [4.78, 5) is 26.6. The summed E-state index contributed by atoms with van der Waals surface area (Å²) in [5.74, 6) is -1.69. The number of nitrogens with one attached hydrogen (secondary N) is 2. The average molecular weight is 636 g/mol. The van der Waals surface area contributed by atoms with Crippen molar-refractivity contribution in [2.24, 2.45) is 5.92 Å². The van der Waals surface area contributed by atoms with Gasteiger partial charge in [-0.15, -0.1) is 4.58 Å². The van der Waals surface area contributed by atoms with Crippen molar-refractivity contribution >= 4 is 46.0 Å². The maximum absolute atomic E-state index is 15.3. The Hall–Kier alpha value is -2.86. The molecule has 0 aromatic heterocycles. The number of carbonyl (C=O) groups is 2. The highest BCUT2D eigenvalue weighted by atomic mass is 35.5. The Morgan fingerprint density at radius 2 is 1.86 bits per heavy atom.